The summed E-state index contributed by atoms with van der Waals surface area (Å²) < 4.78 is 61.3. The maximum absolute atomic E-state index is 12.0. The SMILES string of the molecule is O=C(O)NC1CC=C(OS(=O)(=O)C(F)(F)F)CC1. The van der Waals surface area contributed by atoms with Gasteiger partial charge in [-0.05, 0) is 18.9 Å². The van der Waals surface area contributed by atoms with Crippen molar-refractivity contribution in [2.45, 2.75) is 30.8 Å². The zero-order valence-electron chi connectivity index (χ0n) is 8.90. The van der Waals surface area contributed by atoms with E-state index in [0.29, 0.717) is 0 Å². The Bertz CT molecular complexity index is 456. The number of hydrogen-bond acceptors (Lipinski definition) is 4. The van der Waals surface area contributed by atoms with Crippen LogP contribution < -0.4 is 5.32 Å². The fourth-order valence-electron chi connectivity index (χ4n) is 1.38. The van der Waals surface area contributed by atoms with Gasteiger partial charge >= 0.3 is 21.7 Å². The molecule has 18 heavy (non-hydrogen) atoms. The standard InChI is InChI=1S/C8H10F3NO5S/c9-8(10,11)18(15,16)17-6-3-1-5(2-4-6)12-7(13)14/h3,5,12H,1-2,4H2,(H,13,14). The summed E-state index contributed by atoms with van der Waals surface area (Å²) in [5, 5.41) is 10.6. The van der Waals surface area contributed by atoms with Crippen molar-refractivity contribution in [3.8, 4) is 0 Å². The van der Waals surface area contributed by atoms with E-state index in [4.69, 9.17) is 5.11 Å². The Balaban J connectivity index is 2.62. The topological polar surface area (TPSA) is 92.7 Å². The average Bonchev–Trinajstić information content (AvgIpc) is 2.18. The van der Waals surface area contributed by atoms with Crippen molar-refractivity contribution < 1.29 is 35.7 Å². The summed E-state index contributed by atoms with van der Waals surface area (Å²) >= 11 is 0. The molecule has 0 fully saturated rings. The zero-order chi connectivity index (χ0) is 14.0. The summed E-state index contributed by atoms with van der Waals surface area (Å²) in [6.45, 7) is 0. The molecule has 0 saturated carbocycles. The molecule has 0 radical (unpaired) electrons. The van der Waals surface area contributed by atoms with E-state index in [1.165, 1.54) is 0 Å². The van der Waals surface area contributed by atoms with Crippen molar-refractivity contribution in [2.75, 3.05) is 0 Å². The van der Waals surface area contributed by atoms with Crippen molar-refractivity contribution in [1.82, 2.24) is 5.32 Å². The predicted octanol–water partition coefficient (Wildman–Crippen LogP) is 1.56. The Kier molecular flexibility index (Phi) is 4.09. The first-order valence-corrected chi connectivity index (χ1v) is 6.22. The van der Waals surface area contributed by atoms with Gasteiger partial charge < -0.3 is 14.6 Å². The maximum atomic E-state index is 12.0. The molecule has 0 aromatic heterocycles. The lowest BCUT2D eigenvalue weighted by molar-refractivity contribution is -0.0524. The van der Waals surface area contributed by atoms with E-state index in [1.54, 1.807) is 0 Å². The first kappa shape index (κ1) is 14.6. The van der Waals surface area contributed by atoms with E-state index < -0.39 is 27.8 Å². The van der Waals surface area contributed by atoms with Gasteiger partial charge in [-0.3, -0.25) is 0 Å². The van der Waals surface area contributed by atoms with Gasteiger partial charge in [0.2, 0.25) is 0 Å². The average molecular weight is 289 g/mol. The number of rotatable bonds is 3. The number of alkyl halides is 3. The molecule has 6 nitrogen and oxygen atoms in total. The van der Waals surface area contributed by atoms with E-state index in [0.717, 1.165) is 6.08 Å². The van der Waals surface area contributed by atoms with Crippen LogP contribution in [-0.4, -0.2) is 31.2 Å². The maximum Gasteiger partial charge on any atom is 0.534 e. The van der Waals surface area contributed by atoms with Crippen LogP contribution in [0.1, 0.15) is 19.3 Å². The lowest BCUT2D eigenvalue weighted by Crippen LogP contribution is -2.35. The molecule has 2 N–H and O–H groups in total. The van der Waals surface area contributed by atoms with E-state index in [-0.39, 0.29) is 25.0 Å². The normalized spacial score (nSPS) is 21.1. The smallest absolute Gasteiger partial charge is 0.465 e. The van der Waals surface area contributed by atoms with Gasteiger partial charge in [0.1, 0.15) is 5.76 Å². The van der Waals surface area contributed by atoms with E-state index in [9.17, 15) is 26.4 Å². The molecule has 10 heteroatoms. The molecule has 0 aliphatic heterocycles. The van der Waals surface area contributed by atoms with Gasteiger partial charge in [-0.2, -0.15) is 21.6 Å². The van der Waals surface area contributed by atoms with Crippen LogP contribution in [0.5, 0.6) is 0 Å². The number of nitrogens with one attached hydrogen (secondary N) is 1. The molecular weight excluding hydrogens is 279 g/mol. The third kappa shape index (κ3) is 3.79. The van der Waals surface area contributed by atoms with Crippen LogP contribution in [0.4, 0.5) is 18.0 Å². The summed E-state index contributed by atoms with van der Waals surface area (Å²) in [6.07, 6.45) is 0.0504. The molecule has 1 aliphatic rings. The highest BCUT2D eigenvalue weighted by atomic mass is 32.2. The van der Waals surface area contributed by atoms with Crippen LogP contribution in [0.3, 0.4) is 0 Å². The van der Waals surface area contributed by atoms with Crippen LogP contribution in [0.25, 0.3) is 0 Å². The molecule has 1 rings (SSSR count). The minimum absolute atomic E-state index is 0.0784. The third-order valence-corrected chi connectivity index (χ3v) is 3.20. The lowest BCUT2D eigenvalue weighted by Gasteiger charge is -2.21. The van der Waals surface area contributed by atoms with Crippen LogP contribution in [0.2, 0.25) is 0 Å². The second-order valence-electron chi connectivity index (χ2n) is 3.57. The van der Waals surface area contributed by atoms with Crippen LogP contribution in [-0.2, 0) is 14.3 Å². The van der Waals surface area contributed by atoms with Crippen molar-refractivity contribution in [1.29, 1.82) is 0 Å². The van der Waals surface area contributed by atoms with Crippen LogP contribution in [0.15, 0.2) is 11.8 Å². The molecule has 0 saturated heterocycles. The number of halogens is 3. The molecule has 1 amide bonds. The van der Waals surface area contributed by atoms with Crippen molar-refractivity contribution in [3.05, 3.63) is 11.8 Å². The molecule has 0 bridgehead atoms. The highest BCUT2D eigenvalue weighted by Gasteiger charge is 2.48. The Hall–Kier alpha value is -1.45. The van der Waals surface area contributed by atoms with Gasteiger partial charge in [0.05, 0.1) is 0 Å². The van der Waals surface area contributed by atoms with E-state index >= 15 is 0 Å². The molecule has 104 valence electrons. The molecule has 0 aromatic rings. The van der Waals surface area contributed by atoms with E-state index in [2.05, 4.69) is 9.50 Å². The number of carbonyl (C=O) groups is 1. The highest BCUT2D eigenvalue weighted by Crippen LogP contribution is 2.29. The second-order valence-corrected chi connectivity index (χ2v) is 5.11. The number of carboxylic acid groups (broad SMARTS) is 1. The van der Waals surface area contributed by atoms with Gasteiger partial charge in [-0.25, -0.2) is 4.79 Å². The molecule has 0 aromatic carbocycles. The fourth-order valence-corrected chi connectivity index (χ4v) is 1.91. The predicted molar refractivity (Wildman–Crippen MR) is 52.9 cm³/mol. The number of hydrogen-bond donors (Lipinski definition) is 2. The first-order chi connectivity index (χ1) is 8.12. The highest BCUT2D eigenvalue weighted by molar-refractivity contribution is 7.87. The molecule has 0 heterocycles. The quantitative estimate of drug-likeness (QED) is 0.607. The van der Waals surface area contributed by atoms with Crippen LogP contribution >= 0.6 is 0 Å². The van der Waals surface area contributed by atoms with Gasteiger partial charge in [0, 0.05) is 12.5 Å². The molecular formula is C8H10F3NO5S. The lowest BCUT2D eigenvalue weighted by atomic mass is 10.0. The Morgan fingerprint density at radius 2 is 2.11 bits per heavy atom. The summed E-state index contributed by atoms with van der Waals surface area (Å²) in [7, 11) is -5.64. The number of allylic oxidation sites excluding steroid dienone is 1. The number of amides is 1. The Labute approximate surface area is 101 Å². The van der Waals surface area contributed by atoms with Gasteiger partial charge in [0.25, 0.3) is 0 Å². The first-order valence-electron chi connectivity index (χ1n) is 4.81. The fraction of sp³-hybridized carbons (Fsp3) is 0.625. The van der Waals surface area contributed by atoms with E-state index in [1.807, 2.05) is 0 Å². The molecule has 1 aliphatic carbocycles. The second kappa shape index (κ2) is 5.04. The summed E-state index contributed by atoms with van der Waals surface area (Å²) in [4.78, 5) is 10.3. The summed E-state index contributed by atoms with van der Waals surface area (Å²) in [5.41, 5.74) is -5.47. The van der Waals surface area contributed by atoms with Crippen LogP contribution in [0, 0.1) is 0 Å². The Morgan fingerprint density at radius 3 is 2.50 bits per heavy atom. The van der Waals surface area contributed by atoms with Gasteiger partial charge in [-0.15, -0.1) is 0 Å². The largest absolute Gasteiger partial charge is 0.534 e. The minimum atomic E-state index is -5.64. The Morgan fingerprint density at radius 1 is 1.50 bits per heavy atom. The third-order valence-electron chi connectivity index (χ3n) is 2.20. The van der Waals surface area contributed by atoms with Gasteiger partial charge in [-0.1, -0.05) is 0 Å². The van der Waals surface area contributed by atoms with Gasteiger partial charge in [0.15, 0.2) is 0 Å². The zero-order valence-corrected chi connectivity index (χ0v) is 9.71. The molecule has 0 spiro atoms. The minimum Gasteiger partial charge on any atom is -0.465 e. The monoisotopic (exact) mass is 289 g/mol. The molecule has 1 atom stereocenters. The molecule has 1 unspecified atom stereocenters. The van der Waals surface area contributed by atoms with Crippen molar-refractivity contribution >= 4 is 16.2 Å². The van der Waals surface area contributed by atoms with Crippen molar-refractivity contribution in [2.24, 2.45) is 0 Å². The summed E-state index contributed by atoms with van der Waals surface area (Å²) in [5.74, 6) is -0.323. The van der Waals surface area contributed by atoms with Crippen molar-refractivity contribution in [3.63, 3.8) is 0 Å². The summed E-state index contributed by atoms with van der Waals surface area (Å²) in [6, 6.07) is -0.455.